The van der Waals surface area contributed by atoms with Gasteiger partial charge in [-0.05, 0) is 30.7 Å². The van der Waals surface area contributed by atoms with Crippen molar-refractivity contribution in [3.8, 4) is 5.75 Å². The Balaban J connectivity index is 2.41. The van der Waals surface area contributed by atoms with E-state index in [1.807, 2.05) is 0 Å². The lowest BCUT2D eigenvalue weighted by atomic mass is 10.1. The van der Waals surface area contributed by atoms with Gasteiger partial charge >= 0.3 is 0 Å². The second-order valence-corrected chi connectivity index (χ2v) is 6.05. The first-order valence-corrected chi connectivity index (χ1v) is 7.67. The van der Waals surface area contributed by atoms with Crippen LogP contribution in [0.5, 0.6) is 5.75 Å². The van der Waals surface area contributed by atoms with Crippen molar-refractivity contribution in [2.24, 2.45) is 0 Å². The van der Waals surface area contributed by atoms with Crippen LogP contribution in [0.25, 0.3) is 0 Å². The van der Waals surface area contributed by atoms with Gasteiger partial charge in [0.15, 0.2) is 0 Å². The van der Waals surface area contributed by atoms with E-state index in [0.29, 0.717) is 11.3 Å². The van der Waals surface area contributed by atoms with Gasteiger partial charge in [-0.1, -0.05) is 34.8 Å². The average molecular weight is 390 g/mol. The van der Waals surface area contributed by atoms with E-state index in [9.17, 15) is 14.9 Å². The van der Waals surface area contributed by atoms with Crippen LogP contribution in [0.2, 0.25) is 15.1 Å². The predicted octanol–water partition coefficient (Wildman–Crippen LogP) is 5.12. The quantitative estimate of drug-likeness (QED) is 0.581. The third kappa shape index (κ3) is 3.72. The van der Waals surface area contributed by atoms with Crippen LogP contribution in [0, 0.1) is 17.0 Å². The molecule has 0 unspecified atom stereocenters. The summed E-state index contributed by atoms with van der Waals surface area (Å²) in [6.07, 6.45) is 0. The zero-order valence-electron chi connectivity index (χ0n) is 12.5. The molecule has 6 nitrogen and oxygen atoms in total. The topological polar surface area (TPSA) is 81.5 Å². The summed E-state index contributed by atoms with van der Waals surface area (Å²) < 4.78 is 5.13. The van der Waals surface area contributed by atoms with Crippen molar-refractivity contribution in [2.75, 3.05) is 12.4 Å². The standard InChI is InChI=1S/C15H11Cl3N2O4/c1-7-3-13(20(22)23)10(17)6-12(7)19-15(21)9-4-8(16)5-11(18)14(9)24-2/h3-6H,1-2H3,(H,19,21). The number of hydrogen-bond acceptors (Lipinski definition) is 4. The molecule has 126 valence electrons. The number of aryl methyl sites for hydroxylation is 1. The smallest absolute Gasteiger partial charge is 0.288 e. The van der Waals surface area contributed by atoms with Crippen molar-refractivity contribution < 1.29 is 14.5 Å². The zero-order chi connectivity index (χ0) is 18.0. The van der Waals surface area contributed by atoms with Crippen LogP contribution < -0.4 is 10.1 Å². The molecule has 9 heteroatoms. The van der Waals surface area contributed by atoms with E-state index in [1.165, 1.54) is 31.4 Å². The van der Waals surface area contributed by atoms with E-state index in [2.05, 4.69) is 5.32 Å². The molecule has 0 saturated carbocycles. The number of nitrogens with one attached hydrogen (secondary N) is 1. The number of rotatable bonds is 4. The molecular weight excluding hydrogens is 379 g/mol. The Bertz CT molecular complexity index is 840. The molecule has 0 bridgehead atoms. The SMILES string of the molecule is COc1c(Cl)cc(Cl)cc1C(=O)Nc1cc(Cl)c([N+](=O)[O-])cc1C. The fourth-order valence-corrected chi connectivity index (χ4v) is 2.87. The van der Waals surface area contributed by atoms with E-state index in [4.69, 9.17) is 39.5 Å². The summed E-state index contributed by atoms with van der Waals surface area (Å²) in [5, 5.41) is 13.9. The van der Waals surface area contributed by atoms with Crippen LogP contribution >= 0.6 is 34.8 Å². The molecule has 0 radical (unpaired) electrons. The van der Waals surface area contributed by atoms with Crippen molar-refractivity contribution >= 4 is 52.1 Å². The van der Waals surface area contributed by atoms with E-state index < -0.39 is 10.8 Å². The van der Waals surface area contributed by atoms with Gasteiger partial charge in [-0.2, -0.15) is 0 Å². The molecule has 0 aliphatic carbocycles. The highest BCUT2D eigenvalue weighted by Crippen LogP contribution is 2.34. The van der Waals surface area contributed by atoms with E-state index in [-0.39, 0.29) is 32.1 Å². The molecule has 0 aliphatic rings. The Morgan fingerprint density at radius 1 is 1.17 bits per heavy atom. The number of nitro groups is 1. The fourth-order valence-electron chi connectivity index (χ4n) is 2.07. The average Bonchev–Trinajstić information content (AvgIpc) is 2.49. The first-order chi connectivity index (χ1) is 11.2. The minimum absolute atomic E-state index is 0.0861. The molecule has 0 saturated heterocycles. The van der Waals surface area contributed by atoms with E-state index in [1.54, 1.807) is 6.92 Å². The summed E-state index contributed by atoms with van der Waals surface area (Å²) in [6, 6.07) is 5.45. The monoisotopic (exact) mass is 388 g/mol. The molecule has 1 amide bonds. The Morgan fingerprint density at radius 3 is 2.42 bits per heavy atom. The van der Waals surface area contributed by atoms with Gasteiger partial charge in [0.2, 0.25) is 0 Å². The summed E-state index contributed by atoms with van der Waals surface area (Å²) in [7, 11) is 1.37. The van der Waals surface area contributed by atoms with Crippen molar-refractivity contribution in [3.05, 3.63) is 60.6 Å². The minimum Gasteiger partial charge on any atom is -0.494 e. The third-order valence-electron chi connectivity index (χ3n) is 3.20. The number of benzene rings is 2. The predicted molar refractivity (Wildman–Crippen MR) is 93.8 cm³/mol. The maximum Gasteiger partial charge on any atom is 0.288 e. The lowest BCUT2D eigenvalue weighted by Gasteiger charge is -2.13. The van der Waals surface area contributed by atoms with Gasteiger partial charge in [0.05, 0.1) is 22.6 Å². The fraction of sp³-hybridized carbons (Fsp3) is 0.133. The van der Waals surface area contributed by atoms with E-state index in [0.717, 1.165) is 0 Å². The van der Waals surface area contributed by atoms with Gasteiger partial charge in [0.25, 0.3) is 11.6 Å². The molecule has 2 aromatic carbocycles. The highest BCUT2D eigenvalue weighted by atomic mass is 35.5. The van der Waals surface area contributed by atoms with E-state index >= 15 is 0 Å². The third-order valence-corrected chi connectivity index (χ3v) is 4.00. The van der Waals surface area contributed by atoms with Crippen molar-refractivity contribution in [2.45, 2.75) is 6.92 Å². The molecule has 0 aliphatic heterocycles. The zero-order valence-corrected chi connectivity index (χ0v) is 14.8. The highest BCUT2D eigenvalue weighted by Gasteiger charge is 2.20. The number of nitrogens with zero attached hydrogens (tertiary/aromatic N) is 1. The van der Waals surface area contributed by atoms with Gasteiger partial charge < -0.3 is 10.1 Å². The molecule has 0 spiro atoms. The number of nitro benzene ring substituents is 1. The number of anilines is 1. The number of halogens is 3. The molecule has 0 aromatic heterocycles. The van der Waals surface area contributed by atoms with Gasteiger partial charge in [0.1, 0.15) is 10.8 Å². The van der Waals surface area contributed by atoms with Crippen LogP contribution in [0.3, 0.4) is 0 Å². The van der Waals surface area contributed by atoms with Gasteiger partial charge in [-0.25, -0.2) is 0 Å². The molecule has 24 heavy (non-hydrogen) atoms. The Labute approximate surface area is 152 Å². The first-order valence-electron chi connectivity index (χ1n) is 6.53. The Morgan fingerprint density at radius 2 is 1.83 bits per heavy atom. The lowest BCUT2D eigenvalue weighted by Crippen LogP contribution is -2.14. The number of carbonyl (C=O) groups is 1. The second-order valence-electron chi connectivity index (χ2n) is 4.80. The number of ether oxygens (including phenoxy) is 1. The van der Waals surface area contributed by atoms with Crippen LogP contribution in [0.1, 0.15) is 15.9 Å². The molecule has 2 rings (SSSR count). The normalized spacial score (nSPS) is 10.4. The Hall–Kier alpha value is -2.02. The number of carbonyl (C=O) groups excluding carboxylic acids is 1. The summed E-state index contributed by atoms with van der Waals surface area (Å²) >= 11 is 17.8. The molecule has 2 aromatic rings. The highest BCUT2D eigenvalue weighted by molar-refractivity contribution is 6.36. The van der Waals surface area contributed by atoms with Crippen molar-refractivity contribution in [1.29, 1.82) is 0 Å². The summed E-state index contributed by atoms with van der Waals surface area (Å²) in [5.74, 6) is -0.367. The van der Waals surface area contributed by atoms with Crippen LogP contribution in [-0.2, 0) is 0 Å². The second kappa shape index (κ2) is 7.25. The summed E-state index contributed by atoms with van der Waals surface area (Å²) in [5.41, 5.74) is 0.694. The van der Waals surface area contributed by atoms with Crippen LogP contribution in [-0.4, -0.2) is 17.9 Å². The van der Waals surface area contributed by atoms with Crippen molar-refractivity contribution in [1.82, 2.24) is 0 Å². The molecule has 0 atom stereocenters. The minimum atomic E-state index is -0.597. The summed E-state index contributed by atoms with van der Waals surface area (Å²) in [4.78, 5) is 22.8. The first kappa shape index (κ1) is 18.3. The molecule has 0 fully saturated rings. The molecular formula is C15H11Cl3N2O4. The summed E-state index contributed by atoms with van der Waals surface area (Å²) in [6.45, 7) is 1.61. The van der Waals surface area contributed by atoms with Crippen LogP contribution in [0.15, 0.2) is 24.3 Å². The molecule has 0 heterocycles. The maximum atomic E-state index is 12.5. The van der Waals surface area contributed by atoms with Crippen molar-refractivity contribution in [3.63, 3.8) is 0 Å². The van der Waals surface area contributed by atoms with Gasteiger partial charge in [0, 0.05) is 16.8 Å². The molecule has 1 N–H and O–H groups in total. The number of hydrogen-bond donors (Lipinski definition) is 1. The largest absolute Gasteiger partial charge is 0.494 e. The van der Waals surface area contributed by atoms with Gasteiger partial charge in [-0.3, -0.25) is 14.9 Å². The Kier molecular flexibility index (Phi) is 5.54. The van der Waals surface area contributed by atoms with Gasteiger partial charge in [-0.15, -0.1) is 0 Å². The lowest BCUT2D eigenvalue weighted by molar-refractivity contribution is -0.384. The number of amides is 1. The maximum absolute atomic E-state index is 12.5. The van der Waals surface area contributed by atoms with Crippen LogP contribution in [0.4, 0.5) is 11.4 Å². The number of methoxy groups -OCH3 is 1.